The molecule has 0 saturated carbocycles. The number of anilines is 1. The van der Waals surface area contributed by atoms with E-state index < -0.39 is 5.60 Å². The molecule has 1 saturated heterocycles. The highest BCUT2D eigenvalue weighted by atomic mass is 35.5. The highest BCUT2D eigenvalue weighted by molar-refractivity contribution is 6.31. The summed E-state index contributed by atoms with van der Waals surface area (Å²) >= 11 is 6.26. The van der Waals surface area contributed by atoms with Gasteiger partial charge in [0, 0.05) is 29.2 Å². The molecule has 1 N–H and O–H groups in total. The van der Waals surface area contributed by atoms with Gasteiger partial charge in [-0.2, -0.15) is 4.98 Å². The summed E-state index contributed by atoms with van der Waals surface area (Å²) in [6, 6.07) is 17.2. The van der Waals surface area contributed by atoms with E-state index in [9.17, 15) is 5.11 Å². The third kappa shape index (κ3) is 3.13. The zero-order valence-corrected chi connectivity index (χ0v) is 14.4. The lowest BCUT2D eigenvalue weighted by molar-refractivity contribution is 0.0116. The van der Waals surface area contributed by atoms with E-state index in [1.807, 2.05) is 59.5 Å². The van der Waals surface area contributed by atoms with Gasteiger partial charge in [-0.3, -0.25) is 0 Å². The molecule has 0 atom stereocenters. The molecule has 4 rings (SSSR count). The van der Waals surface area contributed by atoms with Crippen LogP contribution in [0.25, 0.3) is 11.5 Å². The molecule has 1 fully saturated rings. The summed E-state index contributed by atoms with van der Waals surface area (Å²) in [4.78, 5) is 6.51. The Hall–Kier alpha value is -2.37. The number of piperidine rings is 1. The molecule has 3 aromatic rings. The van der Waals surface area contributed by atoms with Gasteiger partial charge in [0.05, 0.1) is 5.60 Å². The standard InChI is InChI=1S/C19H18ClN3O2/c20-16-9-5-4-8-15(16)19(24)10-12-23(13-11-19)18-21-17(25-22-18)14-6-2-1-3-7-14/h1-9,24H,10-13H2. The average Bonchev–Trinajstić information content (AvgIpc) is 3.13. The Bertz CT molecular complexity index is 858. The first kappa shape index (κ1) is 16.1. The second kappa shape index (κ2) is 6.50. The molecule has 1 aliphatic rings. The lowest BCUT2D eigenvalue weighted by Gasteiger charge is -2.38. The van der Waals surface area contributed by atoms with E-state index in [1.165, 1.54) is 0 Å². The van der Waals surface area contributed by atoms with E-state index in [0.29, 0.717) is 42.8 Å². The SMILES string of the molecule is OC1(c2ccccc2Cl)CCN(c2noc(-c3ccccc3)n2)CC1. The Kier molecular flexibility index (Phi) is 4.19. The van der Waals surface area contributed by atoms with Crippen molar-refractivity contribution in [2.24, 2.45) is 0 Å². The summed E-state index contributed by atoms with van der Waals surface area (Å²) in [6.07, 6.45) is 1.12. The van der Waals surface area contributed by atoms with E-state index in [1.54, 1.807) is 0 Å². The van der Waals surface area contributed by atoms with Gasteiger partial charge < -0.3 is 14.5 Å². The number of hydrogen-bond donors (Lipinski definition) is 1. The van der Waals surface area contributed by atoms with Crippen LogP contribution in [0.2, 0.25) is 5.02 Å². The van der Waals surface area contributed by atoms with Gasteiger partial charge >= 0.3 is 0 Å². The summed E-state index contributed by atoms with van der Waals surface area (Å²) < 4.78 is 5.37. The van der Waals surface area contributed by atoms with Gasteiger partial charge in [0.15, 0.2) is 0 Å². The number of benzene rings is 2. The smallest absolute Gasteiger partial charge is 0.266 e. The van der Waals surface area contributed by atoms with Crippen molar-refractivity contribution in [1.29, 1.82) is 0 Å². The Morgan fingerprint density at radius 3 is 2.40 bits per heavy atom. The molecule has 1 aliphatic heterocycles. The Morgan fingerprint density at radius 2 is 1.68 bits per heavy atom. The molecule has 0 unspecified atom stereocenters. The lowest BCUT2D eigenvalue weighted by Crippen LogP contribution is -2.43. The Morgan fingerprint density at radius 1 is 1.00 bits per heavy atom. The third-order valence-corrected chi connectivity index (χ3v) is 5.01. The Labute approximate surface area is 150 Å². The van der Waals surface area contributed by atoms with Crippen LogP contribution in [0.4, 0.5) is 5.95 Å². The van der Waals surface area contributed by atoms with E-state index in [-0.39, 0.29) is 0 Å². The van der Waals surface area contributed by atoms with Crippen molar-refractivity contribution in [2.75, 3.05) is 18.0 Å². The molecule has 1 aromatic heterocycles. The molecular weight excluding hydrogens is 338 g/mol. The van der Waals surface area contributed by atoms with Crippen molar-refractivity contribution in [3.8, 4) is 11.5 Å². The second-order valence-electron chi connectivity index (χ2n) is 6.26. The van der Waals surface area contributed by atoms with Crippen molar-refractivity contribution < 1.29 is 9.63 Å². The molecule has 0 bridgehead atoms. The third-order valence-electron chi connectivity index (χ3n) is 4.68. The summed E-state index contributed by atoms with van der Waals surface area (Å²) in [5.41, 5.74) is 0.765. The minimum Gasteiger partial charge on any atom is -0.385 e. The number of aromatic nitrogens is 2. The molecule has 0 spiro atoms. The molecule has 2 aromatic carbocycles. The summed E-state index contributed by atoms with van der Waals surface area (Å²) in [6.45, 7) is 1.27. The maximum atomic E-state index is 11.0. The van der Waals surface area contributed by atoms with Gasteiger partial charge in [0.25, 0.3) is 11.8 Å². The summed E-state index contributed by atoms with van der Waals surface area (Å²) in [5.74, 6) is 1.06. The van der Waals surface area contributed by atoms with E-state index in [2.05, 4.69) is 10.1 Å². The molecule has 2 heterocycles. The predicted octanol–water partition coefficient (Wildman–Crippen LogP) is 3.88. The number of rotatable bonds is 3. The molecule has 0 radical (unpaired) electrons. The predicted molar refractivity (Wildman–Crippen MR) is 96.5 cm³/mol. The van der Waals surface area contributed by atoms with Crippen LogP contribution in [0.5, 0.6) is 0 Å². The van der Waals surface area contributed by atoms with Crippen LogP contribution in [0.3, 0.4) is 0 Å². The van der Waals surface area contributed by atoms with E-state index in [0.717, 1.165) is 11.1 Å². The number of aliphatic hydroxyl groups is 1. The molecule has 5 nitrogen and oxygen atoms in total. The monoisotopic (exact) mass is 355 g/mol. The maximum absolute atomic E-state index is 11.0. The van der Waals surface area contributed by atoms with Gasteiger partial charge in [-0.05, 0) is 36.2 Å². The first-order chi connectivity index (χ1) is 12.2. The van der Waals surface area contributed by atoms with Gasteiger partial charge in [-0.15, -0.1) is 0 Å². The largest absolute Gasteiger partial charge is 0.385 e. The number of nitrogens with zero attached hydrogens (tertiary/aromatic N) is 3. The van der Waals surface area contributed by atoms with Crippen LogP contribution in [0.1, 0.15) is 18.4 Å². The van der Waals surface area contributed by atoms with Gasteiger partial charge in [-0.1, -0.05) is 48.0 Å². The molecule has 6 heteroatoms. The molecule has 0 aliphatic carbocycles. The van der Waals surface area contributed by atoms with Crippen LogP contribution in [0.15, 0.2) is 59.1 Å². The fraction of sp³-hybridized carbons (Fsp3) is 0.263. The van der Waals surface area contributed by atoms with Crippen molar-refractivity contribution in [2.45, 2.75) is 18.4 Å². The fourth-order valence-corrected chi connectivity index (χ4v) is 3.54. The van der Waals surface area contributed by atoms with Crippen LogP contribution in [-0.2, 0) is 5.60 Å². The number of hydrogen-bond acceptors (Lipinski definition) is 5. The lowest BCUT2D eigenvalue weighted by atomic mass is 9.84. The van der Waals surface area contributed by atoms with Crippen LogP contribution in [-0.4, -0.2) is 28.3 Å². The highest BCUT2D eigenvalue weighted by Crippen LogP contribution is 2.37. The minimum atomic E-state index is -0.916. The normalized spacial score (nSPS) is 16.8. The van der Waals surface area contributed by atoms with Crippen molar-refractivity contribution in [3.63, 3.8) is 0 Å². The zero-order valence-electron chi connectivity index (χ0n) is 13.6. The van der Waals surface area contributed by atoms with Gasteiger partial charge in [-0.25, -0.2) is 0 Å². The van der Waals surface area contributed by atoms with E-state index in [4.69, 9.17) is 16.1 Å². The maximum Gasteiger partial charge on any atom is 0.266 e. The van der Waals surface area contributed by atoms with Crippen LogP contribution < -0.4 is 4.90 Å². The molecule has 128 valence electrons. The van der Waals surface area contributed by atoms with Crippen molar-refractivity contribution in [3.05, 3.63) is 65.2 Å². The average molecular weight is 356 g/mol. The Balaban J connectivity index is 1.49. The van der Waals surface area contributed by atoms with Crippen molar-refractivity contribution >= 4 is 17.5 Å². The topological polar surface area (TPSA) is 62.4 Å². The van der Waals surface area contributed by atoms with E-state index >= 15 is 0 Å². The quantitative estimate of drug-likeness (QED) is 0.772. The van der Waals surface area contributed by atoms with Gasteiger partial charge in [0.2, 0.25) is 0 Å². The van der Waals surface area contributed by atoms with Crippen LogP contribution in [0, 0.1) is 0 Å². The molecule has 0 amide bonds. The molecule has 25 heavy (non-hydrogen) atoms. The number of halogens is 1. The first-order valence-corrected chi connectivity index (χ1v) is 8.65. The fourth-order valence-electron chi connectivity index (χ4n) is 3.23. The second-order valence-corrected chi connectivity index (χ2v) is 6.67. The highest BCUT2D eigenvalue weighted by Gasteiger charge is 2.36. The minimum absolute atomic E-state index is 0.502. The first-order valence-electron chi connectivity index (χ1n) is 8.27. The summed E-state index contributed by atoms with van der Waals surface area (Å²) in [5, 5.41) is 15.7. The van der Waals surface area contributed by atoms with Gasteiger partial charge in [0.1, 0.15) is 0 Å². The zero-order chi connectivity index (χ0) is 17.3. The van der Waals surface area contributed by atoms with Crippen molar-refractivity contribution in [1.82, 2.24) is 10.1 Å². The van der Waals surface area contributed by atoms with Crippen LogP contribution >= 0.6 is 11.6 Å². The summed E-state index contributed by atoms with van der Waals surface area (Å²) in [7, 11) is 0. The molecular formula is C19H18ClN3O2.